The molecule has 0 spiro atoms. The van der Waals surface area contributed by atoms with Crippen LogP contribution in [0.25, 0.3) is 0 Å². The van der Waals surface area contributed by atoms with Crippen LogP contribution in [0, 0.1) is 0 Å². The molecule has 2 aliphatic heterocycles. The second kappa shape index (κ2) is 11.9. The van der Waals surface area contributed by atoms with Gasteiger partial charge in [-0.25, -0.2) is 0 Å². The summed E-state index contributed by atoms with van der Waals surface area (Å²) in [4.78, 5) is 9.61. The predicted molar refractivity (Wildman–Crippen MR) is 139 cm³/mol. The number of nitrogens with one attached hydrogen (secondary N) is 2. The number of nitrogens with zero attached hydrogens (tertiary/aromatic N) is 3. The normalized spacial score (nSPS) is 19.4. The van der Waals surface area contributed by atoms with E-state index in [1.165, 1.54) is 36.5 Å². The number of guanidine groups is 1. The Morgan fingerprint density at radius 2 is 1.80 bits per heavy atom. The Morgan fingerprint density at radius 3 is 2.43 bits per heavy atom. The van der Waals surface area contributed by atoms with Crippen LogP contribution in [0.2, 0.25) is 0 Å². The van der Waals surface area contributed by atoms with Crippen LogP contribution in [0.3, 0.4) is 0 Å². The minimum absolute atomic E-state index is 0. The summed E-state index contributed by atoms with van der Waals surface area (Å²) < 4.78 is 0. The zero-order chi connectivity index (χ0) is 19.9. The van der Waals surface area contributed by atoms with Crippen molar-refractivity contribution in [2.75, 3.05) is 44.7 Å². The first-order chi connectivity index (χ1) is 14.3. The van der Waals surface area contributed by atoms with Crippen LogP contribution in [-0.4, -0.2) is 56.7 Å². The Morgan fingerprint density at radius 1 is 1.07 bits per heavy atom. The van der Waals surface area contributed by atoms with Crippen LogP contribution < -0.4 is 15.5 Å². The van der Waals surface area contributed by atoms with Gasteiger partial charge < -0.3 is 15.5 Å². The molecule has 0 radical (unpaired) electrons. The molecule has 2 fully saturated rings. The smallest absolute Gasteiger partial charge is 0.191 e. The lowest BCUT2D eigenvalue weighted by Crippen LogP contribution is -2.50. The third-order valence-electron chi connectivity index (χ3n) is 6.11. The molecule has 2 saturated heterocycles. The fraction of sp³-hybridized carbons (Fsp3) is 0.522. The molecule has 2 aliphatic rings. The second-order valence-electron chi connectivity index (χ2n) is 7.98. The fourth-order valence-electron chi connectivity index (χ4n) is 4.46. The van der Waals surface area contributed by atoms with Gasteiger partial charge in [0.05, 0.1) is 11.0 Å². The first-order valence-corrected chi connectivity index (χ1v) is 11.8. The topological polar surface area (TPSA) is 42.9 Å². The highest BCUT2D eigenvalue weighted by Crippen LogP contribution is 2.26. The van der Waals surface area contributed by atoms with Gasteiger partial charge in [-0.1, -0.05) is 30.3 Å². The lowest BCUT2D eigenvalue weighted by Gasteiger charge is -2.34. The molecule has 1 aromatic heterocycles. The van der Waals surface area contributed by atoms with E-state index in [1.54, 1.807) is 0 Å². The van der Waals surface area contributed by atoms with Gasteiger partial charge >= 0.3 is 0 Å². The van der Waals surface area contributed by atoms with E-state index >= 15 is 0 Å². The molecule has 2 aromatic rings. The van der Waals surface area contributed by atoms with Crippen LogP contribution in [0.15, 0.2) is 52.8 Å². The summed E-state index contributed by atoms with van der Waals surface area (Å²) in [6, 6.07) is 16.1. The Labute approximate surface area is 202 Å². The van der Waals surface area contributed by atoms with Crippen molar-refractivity contribution in [3.05, 3.63) is 53.4 Å². The van der Waals surface area contributed by atoms with Gasteiger partial charge in [0.1, 0.15) is 0 Å². The molecule has 164 valence electrons. The maximum absolute atomic E-state index is 4.51. The molecule has 30 heavy (non-hydrogen) atoms. The van der Waals surface area contributed by atoms with Gasteiger partial charge in [-0.2, -0.15) is 0 Å². The average Bonchev–Trinajstić information content (AvgIpc) is 3.49. The molecule has 2 N–H and O–H groups in total. The standard InChI is InChI=1S/C23H33N5S.HI/c1-24-23(26-20-11-15-28(16-12-20)22-10-7-17-29-22)25-18-21(27-13-5-6-14-27)19-8-3-2-4-9-19;/h2-4,7-10,17,20-21H,5-6,11-16,18H2,1H3,(H2,24,25,26);1H. The molecular formula is C23H34IN5S. The van der Waals surface area contributed by atoms with Gasteiger partial charge in [-0.3, -0.25) is 9.89 Å². The number of aliphatic imine (C=N–C) groups is 1. The lowest BCUT2D eigenvalue weighted by molar-refractivity contribution is 0.245. The summed E-state index contributed by atoms with van der Waals surface area (Å²) in [6.45, 7) is 5.48. The van der Waals surface area contributed by atoms with Crippen molar-refractivity contribution in [2.24, 2.45) is 4.99 Å². The molecule has 1 aromatic carbocycles. The van der Waals surface area contributed by atoms with Gasteiger partial charge in [0.25, 0.3) is 0 Å². The molecule has 1 unspecified atom stereocenters. The molecule has 5 nitrogen and oxygen atoms in total. The van der Waals surface area contributed by atoms with Crippen LogP contribution in [0.4, 0.5) is 5.00 Å². The zero-order valence-electron chi connectivity index (χ0n) is 17.8. The Kier molecular flexibility index (Phi) is 9.27. The van der Waals surface area contributed by atoms with Crippen LogP contribution in [-0.2, 0) is 0 Å². The van der Waals surface area contributed by atoms with E-state index in [1.807, 2.05) is 18.4 Å². The molecule has 0 saturated carbocycles. The van der Waals surface area contributed by atoms with E-state index in [-0.39, 0.29) is 24.0 Å². The Balaban J connectivity index is 0.00000256. The van der Waals surface area contributed by atoms with E-state index < -0.39 is 0 Å². The number of benzene rings is 1. The molecule has 0 amide bonds. The number of halogens is 1. The molecule has 4 rings (SSSR count). The first-order valence-electron chi connectivity index (χ1n) is 10.9. The van der Waals surface area contributed by atoms with Crippen molar-refractivity contribution in [1.29, 1.82) is 0 Å². The van der Waals surface area contributed by atoms with Crippen molar-refractivity contribution in [3.8, 4) is 0 Å². The van der Waals surface area contributed by atoms with Gasteiger partial charge in [-0.05, 0) is 61.8 Å². The Bertz CT molecular complexity index is 753. The van der Waals surface area contributed by atoms with E-state index in [4.69, 9.17) is 0 Å². The third kappa shape index (κ3) is 6.11. The third-order valence-corrected chi connectivity index (χ3v) is 7.03. The maximum atomic E-state index is 4.51. The van der Waals surface area contributed by atoms with Crippen molar-refractivity contribution in [1.82, 2.24) is 15.5 Å². The van der Waals surface area contributed by atoms with Crippen molar-refractivity contribution in [3.63, 3.8) is 0 Å². The van der Waals surface area contributed by atoms with Crippen LogP contribution in [0.5, 0.6) is 0 Å². The van der Waals surface area contributed by atoms with E-state index in [0.717, 1.165) is 38.4 Å². The average molecular weight is 540 g/mol. The van der Waals surface area contributed by atoms with Crippen molar-refractivity contribution in [2.45, 2.75) is 37.8 Å². The zero-order valence-corrected chi connectivity index (χ0v) is 20.9. The highest BCUT2D eigenvalue weighted by molar-refractivity contribution is 14.0. The lowest BCUT2D eigenvalue weighted by atomic mass is 10.0. The highest BCUT2D eigenvalue weighted by Gasteiger charge is 2.24. The summed E-state index contributed by atoms with van der Waals surface area (Å²) in [6.07, 6.45) is 4.90. The number of rotatable bonds is 6. The maximum Gasteiger partial charge on any atom is 0.191 e. The minimum atomic E-state index is 0. The molecule has 0 bridgehead atoms. The van der Waals surface area contributed by atoms with Crippen molar-refractivity contribution >= 4 is 46.3 Å². The monoisotopic (exact) mass is 539 g/mol. The number of likely N-dealkylation sites (tertiary alicyclic amines) is 1. The highest BCUT2D eigenvalue weighted by atomic mass is 127. The number of thiophene rings is 1. The van der Waals surface area contributed by atoms with Crippen LogP contribution in [0.1, 0.15) is 37.3 Å². The van der Waals surface area contributed by atoms with Gasteiger partial charge in [-0.15, -0.1) is 35.3 Å². The number of hydrogen-bond donors (Lipinski definition) is 2. The first kappa shape index (κ1) is 23.3. The van der Waals surface area contributed by atoms with Crippen molar-refractivity contribution < 1.29 is 0 Å². The molecular weight excluding hydrogens is 505 g/mol. The number of piperidine rings is 1. The minimum Gasteiger partial charge on any atom is -0.363 e. The summed E-state index contributed by atoms with van der Waals surface area (Å²) in [7, 11) is 1.88. The summed E-state index contributed by atoms with van der Waals surface area (Å²) in [5.74, 6) is 0.930. The predicted octanol–water partition coefficient (Wildman–Crippen LogP) is 4.34. The summed E-state index contributed by atoms with van der Waals surface area (Å²) >= 11 is 1.84. The van der Waals surface area contributed by atoms with Gasteiger partial charge in [0.15, 0.2) is 5.96 Å². The molecule has 1 atom stereocenters. The fourth-order valence-corrected chi connectivity index (χ4v) is 5.25. The molecule has 7 heteroatoms. The Hall–Kier alpha value is -1.32. The van der Waals surface area contributed by atoms with Gasteiger partial charge in [0, 0.05) is 32.7 Å². The quantitative estimate of drug-likeness (QED) is 0.326. The van der Waals surface area contributed by atoms with E-state index in [0.29, 0.717) is 12.1 Å². The van der Waals surface area contributed by atoms with E-state index in [9.17, 15) is 0 Å². The van der Waals surface area contributed by atoms with Gasteiger partial charge in [0.2, 0.25) is 0 Å². The second-order valence-corrected chi connectivity index (χ2v) is 8.91. The summed E-state index contributed by atoms with van der Waals surface area (Å²) in [5.41, 5.74) is 1.39. The SMILES string of the molecule is CN=C(NCC(c1ccccc1)N1CCCC1)NC1CCN(c2cccs2)CC1.I. The number of hydrogen-bond acceptors (Lipinski definition) is 4. The number of anilines is 1. The largest absolute Gasteiger partial charge is 0.363 e. The summed E-state index contributed by atoms with van der Waals surface area (Å²) in [5, 5.41) is 10.8. The molecule has 0 aliphatic carbocycles. The molecule has 3 heterocycles. The van der Waals surface area contributed by atoms with Crippen LogP contribution >= 0.6 is 35.3 Å². The van der Waals surface area contributed by atoms with E-state index in [2.05, 4.69) is 73.3 Å².